The molecule has 4 aliphatic carbocycles. The smallest absolute Gasteiger partial charge is 0.394 e. The average Bonchev–Trinajstić information content (AvgIpc) is 1.79. The molecule has 29 heteroatoms. The molecule has 0 radical (unpaired) electrons. The number of ketones is 1. The molecule has 14 N–H and O–H groups in total. The van der Waals surface area contributed by atoms with Gasteiger partial charge in [0, 0.05) is 12.3 Å². The predicted molar refractivity (Wildman–Crippen MR) is 295 cm³/mol. The minimum atomic E-state index is -4.89. The second-order valence-electron chi connectivity index (χ2n) is 27.5. The van der Waals surface area contributed by atoms with Crippen molar-refractivity contribution in [3.8, 4) is 0 Å². The number of hydrogen-bond acceptors (Lipinski definition) is 27. The molecule has 5 heterocycles. The highest BCUT2D eigenvalue weighted by atomic mass is 32.3. The third-order valence-corrected chi connectivity index (χ3v) is 22.0. The van der Waals surface area contributed by atoms with Crippen LogP contribution in [-0.4, -0.2) is 263 Å². The zero-order chi connectivity index (χ0) is 64.1. The normalized spacial score (nSPS) is 51.6. The Kier molecular flexibility index (Phi) is 21.3. The summed E-state index contributed by atoms with van der Waals surface area (Å²) in [5.74, 6) is -1.12. The van der Waals surface area contributed by atoms with E-state index < -0.39 is 205 Å². The molecule has 5 aliphatic heterocycles. The van der Waals surface area contributed by atoms with E-state index in [1.165, 1.54) is 27.7 Å². The summed E-state index contributed by atoms with van der Waals surface area (Å²) in [5, 5.41) is 146. The van der Waals surface area contributed by atoms with Crippen molar-refractivity contribution in [1.82, 2.24) is 0 Å². The minimum Gasteiger partial charge on any atom is -0.394 e. The van der Waals surface area contributed by atoms with Gasteiger partial charge in [-0.05, 0) is 120 Å². The van der Waals surface area contributed by atoms with Crippen LogP contribution in [0.3, 0.4) is 0 Å². The highest BCUT2D eigenvalue weighted by Crippen LogP contribution is 2.67. The van der Waals surface area contributed by atoms with E-state index in [1.54, 1.807) is 6.92 Å². The third-order valence-electron chi connectivity index (χ3n) is 21.5. The summed E-state index contributed by atoms with van der Waals surface area (Å²) in [7, 11) is -4.89. The summed E-state index contributed by atoms with van der Waals surface area (Å²) in [6.45, 7) is 16.6. The lowest BCUT2D eigenvalue weighted by Crippen LogP contribution is -2.68. The molecule has 0 aromatic rings. The molecule has 0 bridgehead atoms. The van der Waals surface area contributed by atoms with Crippen LogP contribution in [0.4, 0.5) is 0 Å². The van der Waals surface area contributed by atoms with Crippen LogP contribution >= 0.6 is 0 Å². The van der Waals surface area contributed by atoms with Gasteiger partial charge >= 0.3 is 10.4 Å². The van der Waals surface area contributed by atoms with E-state index in [0.717, 1.165) is 5.57 Å². The Morgan fingerprint density at radius 1 is 0.609 bits per heavy atom. The van der Waals surface area contributed by atoms with Gasteiger partial charge < -0.3 is 114 Å². The minimum absolute atomic E-state index is 0.00385. The van der Waals surface area contributed by atoms with Crippen molar-refractivity contribution in [3.05, 3.63) is 11.6 Å². The molecule has 9 rings (SSSR count). The van der Waals surface area contributed by atoms with Gasteiger partial charge in [-0.15, -0.1) is 0 Å². The van der Waals surface area contributed by atoms with Gasteiger partial charge in [0.05, 0.1) is 48.8 Å². The average molecular weight is 1270 g/mol. The lowest BCUT2D eigenvalue weighted by Gasteiger charge is -2.60. The Morgan fingerprint density at radius 2 is 1.13 bits per heavy atom. The van der Waals surface area contributed by atoms with Crippen LogP contribution in [0.2, 0.25) is 0 Å². The van der Waals surface area contributed by atoms with Gasteiger partial charge in [-0.2, -0.15) is 8.42 Å². The van der Waals surface area contributed by atoms with Crippen LogP contribution in [0.1, 0.15) is 121 Å². The van der Waals surface area contributed by atoms with Crippen molar-refractivity contribution in [3.63, 3.8) is 0 Å². The van der Waals surface area contributed by atoms with E-state index in [9.17, 15) is 84.1 Å². The molecular formula is C58H96O28S. The quantitative estimate of drug-likeness (QED) is 0.0519. The zero-order valence-corrected chi connectivity index (χ0v) is 51.7. The van der Waals surface area contributed by atoms with Crippen molar-refractivity contribution in [2.45, 2.75) is 292 Å². The van der Waals surface area contributed by atoms with Gasteiger partial charge in [0.2, 0.25) is 0 Å². The van der Waals surface area contributed by atoms with E-state index in [0.29, 0.717) is 32.1 Å². The first-order valence-electron chi connectivity index (χ1n) is 30.8. The number of aliphatic hydroxyl groups is 13. The second-order valence-corrected chi connectivity index (χ2v) is 28.5. The van der Waals surface area contributed by atoms with Gasteiger partial charge in [0.25, 0.3) is 0 Å². The molecule has 35 atom stereocenters. The van der Waals surface area contributed by atoms with E-state index in [-0.39, 0.29) is 54.6 Å². The van der Waals surface area contributed by atoms with Gasteiger partial charge in [0.1, 0.15) is 103 Å². The molecule has 0 spiro atoms. The molecule has 0 aromatic heterocycles. The molecule has 0 amide bonds. The van der Waals surface area contributed by atoms with E-state index >= 15 is 0 Å². The fraction of sp³-hybridized carbons (Fsp3) is 0.948. The van der Waals surface area contributed by atoms with Crippen molar-refractivity contribution < 1.29 is 136 Å². The van der Waals surface area contributed by atoms with Crippen molar-refractivity contribution in [2.75, 3.05) is 6.61 Å². The first-order valence-corrected chi connectivity index (χ1v) is 32.1. The largest absolute Gasteiger partial charge is 0.397 e. The Hall–Kier alpha value is -1.64. The van der Waals surface area contributed by atoms with Gasteiger partial charge in [-0.3, -0.25) is 9.35 Å². The zero-order valence-electron chi connectivity index (χ0n) is 50.9. The molecule has 8 fully saturated rings. The first-order chi connectivity index (χ1) is 40.5. The Morgan fingerprint density at radius 3 is 1.69 bits per heavy atom. The number of fused-ring (bicyclic) bond motifs is 5. The van der Waals surface area contributed by atoms with Crippen molar-refractivity contribution in [1.29, 1.82) is 0 Å². The van der Waals surface area contributed by atoms with E-state index in [2.05, 4.69) is 19.9 Å². The summed E-state index contributed by atoms with van der Waals surface area (Å²) in [4.78, 5) is 13.6. The monoisotopic (exact) mass is 1270 g/mol. The van der Waals surface area contributed by atoms with E-state index in [4.69, 9.17) is 51.6 Å². The summed E-state index contributed by atoms with van der Waals surface area (Å²) in [5.41, 5.74) is -1.30. The number of Topliss-reactive ketones (excluding diaryl/α,β-unsaturated/α-hetero) is 1. The Bertz CT molecular complexity index is 2490. The lowest BCUT2D eigenvalue weighted by molar-refractivity contribution is -0.407. The van der Waals surface area contributed by atoms with Gasteiger partial charge in [0.15, 0.2) is 31.5 Å². The van der Waals surface area contributed by atoms with Gasteiger partial charge in [-0.25, -0.2) is 4.18 Å². The molecule has 9 aliphatic rings. The molecule has 0 aromatic carbocycles. The van der Waals surface area contributed by atoms with Crippen molar-refractivity contribution >= 4 is 16.2 Å². The van der Waals surface area contributed by atoms with Gasteiger partial charge in [-0.1, -0.05) is 46.3 Å². The topological polar surface area (TPSA) is 436 Å². The molecule has 87 heavy (non-hydrogen) atoms. The fourth-order valence-electron chi connectivity index (χ4n) is 16.0. The molecule has 28 nitrogen and oxygen atoms in total. The van der Waals surface area contributed by atoms with Crippen LogP contribution < -0.4 is 0 Å². The Balaban J connectivity index is 0.996. The Labute approximate surface area is 506 Å². The number of carbonyl (C=O) groups excluding carboxylic acids is 1. The summed E-state index contributed by atoms with van der Waals surface area (Å²) in [6, 6.07) is 0. The molecular weight excluding hydrogens is 1180 g/mol. The highest BCUT2D eigenvalue weighted by Gasteiger charge is 2.64. The van der Waals surface area contributed by atoms with Crippen molar-refractivity contribution in [2.24, 2.45) is 46.3 Å². The maximum atomic E-state index is 13.6. The summed E-state index contributed by atoms with van der Waals surface area (Å²) < 4.78 is 101. The predicted octanol–water partition coefficient (Wildman–Crippen LogP) is -2.04. The summed E-state index contributed by atoms with van der Waals surface area (Å²) >= 11 is 0. The lowest BCUT2D eigenvalue weighted by atomic mass is 9.47. The van der Waals surface area contributed by atoms with E-state index in [1.807, 2.05) is 20.8 Å². The SMILES string of the molecule is CC(C)[C@H](C)C(=O)C[C@](C)(O)[C@H]1CCC2C3C[C@H](O[C@@H]4O[C@H](C)[C@@H](O)[C@H](O[C@@H]5O[C@H](C)[C@@H](O[C@@H]6O[C@H](CO)[C@@H](O)[C@H](O)[C@H]6O[C@@H]6O[C@H](C)[C@H](O)[C@H](O)[C@H]6O)[C@H](O)[C@H]5O[C@@H]5O[C@H](C)[C@@H](O)[C@H](O)[C@H]5O)[C@H]4O)C4C[C@@H](OS(=O)(=O)O)CC[C@]4(C)C3=CC[C@@]21C. The highest BCUT2D eigenvalue weighted by molar-refractivity contribution is 7.80. The fourth-order valence-corrected chi connectivity index (χ4v) is 16.5. The molecule has 5 saturated heterocycles. The maximum Gasteiger partial charge on any atom is 0.397 e. The maximum absolute atomic E-state index is 13.6. The van der Waals surface area contributed by atoms with Crippen LogP contribution in [0.25, 0.3) is 0 Å². The number of aliphatic hydroxyl groups excluding tert-OH is 12. The molecule has 502 valence electrons. The van der Waals surface area contributed by atoms with Crippen LogP contribution in [-0.2, 0) is 66.7 Å². The second kappa shape index (κ2) is 26.6. The molecule has 3 saturated carbocycles. The number of hydrogen-bond donors (Lipinski definition) is 14. The number of ether oxygens (including phenoxy) is 10. The number of allylic oxidation sites excluding steroid dienone is 2. The van der Waals surface area contributed by atoms with Crippen LogP contribution in [0, 0.1) is 46.3 Å². The summed E-state index contributed by atoms with van der Waals surface area (Å²) in [6.07, 6.45) is -39.1. The first kappa shape index (κ1) is 69.7. The third kappa shape index (κ3) is 13.6. The standard InChI is InChI=1S/C58H96O28S/c1-21(2)22(3)32(60)19-58(10,72)35-12-11-29-28-18-33(31-17-27(86-87(73,74)75)13-15-56(31,8)30(28)14-16-57(29,35)9)80-53-46(71)48(38(63)25(6)78-53)83-54-50(85-52-44(69)41(66)37(62)24(5)77-52)45(70)47(26(7)79-54)82-55-49(42(67)39(64)34(20-59)81-55)84-51-43(68)40(65)36(61)23(4)76-51/h14,21-29,31,33-55,59,61-72H,11-13,15-20H2,1-10H3,(H,73,74,75)/t22-,23+,24+,25+,26+,27-,28?,29?,31?,33-,34+,35-,36-,37+,38+,39+,40-,41-,42-,43+,44+,45-,46+,47+,48-,49+,50+,51-,52-,53-,54-,55-,56+,57-,58-/m0/s1. The molecule has 3 unspecified atom stereocenters. The van der Waals surface area contributed by atoms with Crippen LogP contribution in [0.15, 0.2) is 11.6 Å². The van der Waals surface area contributed by atoms with Crippen LogP contribution in [0.5, 0.6) is 0 Å². The number of carbonyl (C=O) groups is 1. The number of rotatable bonds is 18.